The molecule has 0 amide bonds. The zero-order valence-corrected chi connectivity index (χ0v) is 15.9. The summed E-state index contributed by atoms with van der Waals surface area (Å²) in [5.41, 5.74) is 3.73. The van der Waals surface area contributed by atoms with Gasteiger partial charge in [0.05, 0.1) is 18.0 Å². The van der Waals surface area contributed by atoms with Gasteiger partial charge in [-0.2, -0.15) is 5.10 Å². The fraction of sp³-hybridized carbons (Fsp3) is 0.381. The number of hydrogen-bond donors (Lipinski definition) is 0. The van der Waals surface area contributed by atoms with Crippen LogP contribution in [0.5, 0.6) is 0 Å². The standard InChI is InChI=1S/C21H24N2O3/c1-6-26-20(25)19-14(3)18-16(11-21(4,5)12-17(18)24)23(22-19)15-9-7-13(2)8-10-15/h7-11H,6,12H2,1-5H3. The lowest BCUT2D eigenvalue weighted by Crippen LogP contribution is -2.37. The average molecular weight is 352 g/mol. The van der Waals surface area contributed by atoms with E-state index in [1.54, 1.807) is 18.9 Å². The van der Waals surface area contributed by atoms with E-state index in [9.17, 15) is 9.59 Å². The predicted octanol–water partition coefficient (Wildman–Crippen LogP) is 3.93. The molecule has 1 aliphatic heterocycles. The summed E-state index contributed by atoms with van der Waals surface area (Å²) in [6.07, 6.45) is 2.47. The zero-order valence-electron chi connectivity index (χ0n) is 15.9. The lowest BCUT2D eigenvalue weighted by Gasteiger charge is -2.36. The van der Waals surface area contributed by atoms with E-state index in [0.717, 1.165) is 16.9 Å². The molecular formula is C21H24N2O3. The number of nitrogens with zero attached hydrogens (tertiary/aromatic N) is 2. The van der Waals surface area contributed by atoms with E-state index in [0.29, 0.717) is 17.6 Å². The summed E-state index contributed by atoms with van der Waals surface area (Å²) in [5.74, 6) is -0.481. The van der Waals surface area contributed by atoms with Gasteiger partial charge in [-0.25, -0.2) is 9.80 Å². The van der Waals surface area contributed by atoms with E-state index >= 15 is 0 Å². The topological polar surface area (TPSA) is 59.0 Å². The monoisotopic (exact) mass is 352 g/mol. The largest absolute Gasteiger partial charge is 0.461 e. The number of ether oxygens (including phenoxy) is 1. The summed E-state index contributed by atoms with van der Waals surface area (Å²) in [6.45, 7) is 9.84. The maximum Gasteiger partial charge on any atom is 0.359 e. The number of hydrazone groups is 1. The van der Waals surface area contributed by atoms with Crippen molar-refractivity contribution in [2.75, 3.05) is 11.6 Å². The number of ketones is 1. The minimum absolute atomic E-state index is 0.0267. The van der Waals surface area contributed by atoms with Crippen LogP contribution in [0.25, 0.3) is 0 Å². The molecule has 0 saturated carbocycles. The molecule has 0 bridgehead atoms. The fourth-order valence-electron chi connectivity index (χ4n) is 3.33. The highest BCUT2D eigenvalue weighted by atomic mass is 16.5. The van der Waals surface area contributed by atoms with Gasteiger partial charge in [-0.3, -0.25) is 4.79 Å². The highest BCUT2D eigenvalue weighted by Crippen LogP contribution is 2.41. The second-order valence-electron chi connectivity index (χ2n) is 7.43. The molecule has 1 aromatic rings. The van der Waals surface area contributed by atoms with Crippen LogP contribution >= 0.6 is 0 Å². The van der Waals surface area contributed by atoms with Crippen molar-refractivity contribution in [3.63, 3.8) is 0 Å². The van der Waals surface area contributed by atoms with E-state index in [2.05, 4.69) is 11.2 Å². The number of benzene rings is 1. The number of carbonyl (C=O) groups excluding carboxylic acids is 2. The van der Waals surface area contributed by atoms with Gasteiger partial charge >= 0.3 is 5.97 Å². The molecule has 136 valence electrons. The molecule has 5 nitrogen and oxygen atoms in total. The molecule has 0 spiro atoms. The Morgan fingerprint density at radius 2 is 1.88 bits per heavy atom. The lowest BCUT2D eigenvalue weighted by atomic mass is 9.76. The Hall–Kier alpha value is -2.69. The first-order valence-electron chi connectivity index (χ1n) is 8.83. The SMILES string of the molecule is CCOC(=O)C1=NN(c2ccc(C)cc2)C2=CC(C)(C)CC(=O)C2=C1C. The maximum absolute atomic E-state index is 12.9. The van der Waals surface area contributed by atoms with Gasteiger partial charge in [0.25, 0.3) is 0 Å². The highest BCUT2D eigenvalue weighted by molar-refractivity contribution is 6.45. The first kappa shape index (κ1) is 18.1. The lowest BCUT2D eigenvalue weighted by molar-refractivity contribution is -0.135. The van der Waals surface area contributed by atoms with Gasteiger partial charge in [0.2, 0.25) is 0 Å². The van der Waals surface area contributed by atoms with Crippen LogP contribution in [0, 0.1) is 12.3 Å². The molecular weight excluding hydrogens is 328 g/mol. The van der Waals surface area contributed by atoms with Crippen molar-refractivity contribution in [3.8, 4) is 0 Å². The Labute approximate surface area is 154 Å². The molecule has 0 fully saturated rings. The van der Waals surface area contributed by atoms with Crippen LogP contribution in [0.4, 0.5) is 5.69 Å². The van der Waals surface area contributed by atoms with Crippen LogP contribution < -0.4 is 5.01 Å². The van der Waals surface area contributed by atoms with Crippen molar-refractivity contribution in [2.45, 2.75) is 41.0 Å². The normalized spacial score (nSPS) is 19.0. The Kier molecular flexibility index (Phi) is 4.57. The summed E-state index contributed by atoms with van der Waals surface area (Å²) in [7, 11) is 0. The Morgan fingerprint density at radius 1 is 1.23 bits per heavy atom. The molecule has 2 aliphatic rings. The van der Waals surface area contributed by atoms with E-state index in [1.165, 1.54) is 0 Å². The summed E-state index contributed by atoms with van der Waals surface area (Å²) in [5, 5.41) is 6.25. The molecule has 0 unspecified atom stereocenters. The van der Waals surface area contributed by atoms with Gasteiger partial charge in [-0.05, 0) is 43.9 Å². The van der Waals surface area contributed by atoms with Crippen LogP contribution in [0.2, 0.25) is 0 Å². The molecule has 0 radical (unpaired) electrons. The van der Waals surface area contributed by atoms with Crippen LogP contribution in [-0.4, -0.2) is 24.1 Å². The zero-order chi connectivity index (χ0) is 19.1. The third kappa shape index (κ3) is 3.21. The Morgan fingerprint density at radius 3 is 2.50 bits per heavy atom. The number of hydrogen-bond acceptors (Lipinski definition) is 5. The summed E-state index contributed by atoms with van der Waals surface area (Å²) >= 11 is 0. The van der Waals surface area contributed by atoms with Crippen molar-refractivity contribution in [3.05, 3.63) is 52.7 Å². The number of allylic oxidation sites excluding steroid dienone is 2. The van der Waals surface area contributed by atoms with Gasteiger partial charge in [0.15, 0.2) is 11.5 Å². The molecule has 1 aliphatic carbocycles. The van der Waals surface area contributed by atoms with Crippen LogP contribution in [-0.2, 0) is 14.3 Å². The molecule has 1 aromatic carbocycles. The Bertz CT molecular complexity index is 858. The first-order valence-corrected chi connectivity index (χ1v) is 8.83. The van der Waals surface area contributed by atoms with E-state index in [1.807, 2.05) is 45.0 Å². The van der Waals surface area contributed by atoms with Gasteiger partial charge in [-0.15, -0.1) is 0 Å². The third-order valence-corrected chi connectivity index (χ3v) is 4.58. The molecule has 26 heavy (non-hydrogen) atoms. The quantitative estimate of drug-likeness (QED) is 0.773. The number of Topliss-reactive ketones (excluding diaryl/α,β-unsaturated/α-hetero) is 1. The van der Waals surface area contributed by atoms with Crippen LogP contribution in [0.15, 0.2) is 52.3 Å². The van der Waals surface area contributed by atoms with Gasteiger partial charge in [-0.1, -0.05) is 37.6 Å². The highest BCUT2D eigenvalue weighted by Gasteiger charge is 2.39. The van der Waals surface area contributed by atoms with Gasteiger partial charge in [0, 0.05) is 12.0 Å². The molecule has 3 rings (SSSR count). The molecule has 0 saturated heterocycles. The minimum Gasteiger partial charge on any atom is -0.461 e. The average Bonchev–Trinajstić information content (AvgIpc) is 2.55. The molecule has 5 heteroatoms. The minimum atomic E-state index is -0.508. The molecule has 1 heterocycles. The van der Waals surface area contributed by atoms with E-state index in [-0.39, 0.29) is 23.5 Å². The molecule has 0 atom stereocenters. The van der Waals surface area contributed by atoms with E-state index in [4.69, 9.17) is 4.74 Å². The van der Waals surface area contributed by atoms with Crippen molar-refractivity contribution in [1.82, 2.24) is 0 Å². The summed E-state index contributed by atoms with van der Waals surface area (Å²) < 4.78 is 5.15. The van der Waals surface area contributed by atoms with Crippen LogP contribution in [0.1, 0.15) is 39.7 Å². The predicted molar refractivity (Wildman–Crippen MR) is 102 cm³/mol. The summed E-state index contributed by atoms with van der Waals surface area (Å²) in [6, 6.07) is 7.84. The van der Waals surface area contributed by atoms with Gasteiger partial charge < -0.3 is 4.74 Å². The summed E-state index contributed by atoms with van der Waals surface area (Å²) in [4.78, 5) is 25.3. The number of carbonyl (C=O) groups is 2. The van der Waals surface area contributed by atoms with Crippen molar-refractivity contribution < 1.29 is 14.3 Å². The second-order valence-corrected chi connectivity index (χ2v) is 7.43. The smallest absolute Gasteiger partial charge is 0.359 e. The van der Waals surface area contributed by atoms with Crippen molar-refractivity contribution in [1.29, 1.82) is 0 Å². The second kappa shape index (κ2) is 6.56. The maximum atomic E-state index is 12.9. The van der Waals surface area contributed by atoms with Crippen molar-refractivity contribution in [2.24, 2.45) is 10.5 Å². The number of rotatable bonds is 3. The van der Waals surface area contributed by atoms with Crippen LogP contribution in [0.3, 0.4) is 0 Å². The number of esters is 1. The first-order chi connectivity index (χ1) is 12.2. The van der Waals surface area contributed by atoms with E-state index < -0.39 is 5.97 Å². The Balaban J connectivity index is 2.20. The fourth-order valence-corrected chi connectivity index (χ4v) is 3.33. The molecule has 0 N–H and O–H groups in total. The third-order valence-electron chi connectivity index (χ3n) is 4.58. The van der Waals surface area contributed by atoms with Gasteiger partial charge in [0.1, 0.15) is 0 Å². The number of aryl methyl sites for hydroxylation is 1. The molecule has 0 aromatic heterocycles. The number of anilines is 1. The number of fused-ring (bicyclic) bond motifs is 1. The van der Waals surface area contributed by atoms with Crippen molar-refractivity contribution >= 4 is 23.2 Å².